The highest BCUT2D eigenvalue weighted by molar-refractivity contribution is 9.09. The van der Waals surface area contributed by atoms with Crippen molar-refractivity contribution < 1.29 is 17.6 Å². The maximum Gasteiger partial charge on any atom is 0.161 e. The molecule has 0 amide bonds. The molecule has 0 aliphatic carbocycles. The van der Waals surface area contributed by atoms with Crippen molar-refractivity contribution in [3.8, 4) is 0 Å². The van der Waals surface area contributed by atoms with E-state index in [1.165, 1.54) is 0 Å². The van der Waals surface area contributed by atoms with Gasteiger partial charge in [-0.1, -0.05) is 15.9 Å². The molecule has 2 rings (SSSR count). The van der Waals surface area contributed by atoms with Gasteiger partial charge >= 0.3 is 0 Å². The molecule has 0 aliphatic rings. The number of hydrogen-bond donors (Lipinski definition) is 0. The van der Waals surface area contributed by atoms with E-state index in [1.807, 2.05) is 6.92 Å². The van der Waals surface area contributed by atoms with E-state index in [2.05, 4.69) is 15.9 Å². The first-order valence-corrected chi connectivity index (χ1v) is 6.59. The van der Waals surface area contributed by atoms with Crippen LogP contribution in [0.2, 0.25) is 0 Å². The monoisotopic (exact) mass is 332 g/mol. The van der Waals surface area contributed by atoms with Gasteiger partial charge in [0, 0.05) is 17.2 Å². The van der Waals surface area contributed by atoms with Crippen molar-refractivity contribution in [1.29, 1.82) is 0 Å². The maximum absolute atomic E-state index is 13.8. The Bertz CT molecular complexity index is 634. The van der Waals surface area contributed by atoms with Gasteiger partial charge in [-0.15, -0.1) is 0 Å². The Morgan fingerprint density at radius 2 is 1.53 bits per heavy atom. The summed E-state index contributed by atoms with van der Waals surface area (Å²) in [5.74, 6) is -1.71. The molecule has 1 unspecified atom stereocenters. The van der Waals surface area contributed by atoms with Gasteiger partial charge in [0.1, 0.15) is 17.3 Å². The van der Waals surface area contributed by atoms with Crippen molar-refractivity contribution in [2.75, 3.05) is 0 Å². The second kappa shape index (κ2) is 5.04. The van der Waals surface area contributed by atoms with Crippen LogP contribution in [0.5, 0.6) is 0 Å². The molecule has 0 aliphatic heterocycles. The summed E-state index contributed by atoms with van der Waals surface area (Å²) in [5.41, 5.74) is 1.65. The van der Waals surface area contributed by atoms with Gasteiger partial charge in [0.15, 0.2) is 11.6 Å². The number of hydrogen-bond acceptors (Lipinski definition) is 1. The molecule has 0 saturated heterocycles. The number of furan rings is 1. The van der Waals surface area contributed by atoms with Crippen LogP contribution in [0.15, 0.2) is 16.5 Å². The first kappa shape index (κ1) is 14.2. The zero-order valence-corrected chi connectivity index (χ0v) is 12.2. The van der Waals surface area contributed by atoms with Crippen LogP contribution in [-0.2, 0) is 0 Å². The summed E-state index contributed by atoms with van der Waals surface area (Å²) in [6, 6.07) is 1.42. The maximum atomic E-state index is 13.8. The lowest BCUT2D eigenvalue weighted by molar-refractivity contribution is 0.489. The second-order valence-electron chi connectivity index (χ2n) is 4.40. The molecule has 2 aromatic rings. The Balaban J connectivity index is 2.56. The Morgan fingerprint density at radius 1 is 0.947 bits per heavy atom. The van der Waals surface area contributed by atoms with Crippen molar-refractivity contribution >= 4 is 15.9 Å². The van der Waals surface area contributed by atoms with Gasteiger partial charge in [0.25, 0.3) is 0 Å². The van der Waals surface area contributed by atoms with Crippen molar-refractivity contribution in [2.24, 2.45) is 0 Å². The molecule has 0 radical (unpaired) electrons. The molecule has 0 N–H and O–H groups in total. The van der Waals surface area contributed by atoms with Crippen LogP contribution in [0.25, 0.3) is 0 Å². The summed E-state index contributed by atoms with van der Waals surface area (Å²) in [4.78, 5) is -0.583. The average Bonchev–Trinajstić information content (AvgIpc) is 2.57. The van der Waals surface area contributed by atoms with Crippen molar-refractivity contribution in [3.63, 3.8) is 0 Å². The van der Waals surface area contributed by atoms with Crippen molar-refractivity contribution in [2.45, 2.75) is 25.6 Å². The Hall–Kier alpha value is -1.23. The molecular formula is C14H12BrF3O. The first-order chi connectivity index (χ1) is 8.82. The van der Waals surface area contributed by atoms with Crippen molar-refractivity contribution in [1.82, 2.24) is 0 Å². The minimum absolute atomic E-state index is 0.0471. The number of halogens is 4. The van der Waals surface area contributed by atoms with E-state index in [1.54, 1.807) is 13.8 Å². The summed E-state index contributed by atoms with van der Waals surface area (Å²) < 4.78 is 45.4. The Labute approximate surface area is 117 Å². The van der Waals surface area contributed by atoms with Gasteiger partial charge in [-0.3, -0.25) is 0 Å². The van der Waals surface area contributed by atoms with Crippen LogP contribution in [0.3, 0.4) is 0 Å². The van der Waals surface area contributed by atoms with Gasteiger partial charge in [-0.05, 0) is 32.4 Å². The smallest absolute Gasteiger partial charge is 0.161 e. The third kappa shape index (κ3) is 2.43. The zero-order valence-electron chi connectivity index (χ0n) is 10.7. The standard InChI is InChI=1S/C14H12BrF3O/c1-6-7(2)19-8(3)13(6)14(15)9-4-11(17)12(18)5-10(9)16/h4-5,14H,1-3H3. The fourth-order valence-electron chi connectivity index (χ4n) is 2.07. The molecular weight excluding hydrogens is 321 g/mol. The lowest BCUT2D eigenvalue weighted by Crippen LogP contribution is -2.01. The van der Waals surface area contributed by atoms with Gasteiger partial charge < -0.3 is 4.42 Å². The normalized spacial score (nSPS) is 12.8. The number of benzene rings is 1. The highest BCUT2D eigenvalue weighted by atomic mass is 79.9. The lowest BCUT2D eigenvalue weighted by atomic mass is 10.0. The van der Waals surface area contributed by atoms with Gasteiger partial charge in [-0.25, -0.2) is 13.2 Å². The highest BCUT2D eigenvalue weighted by Crippen LogP contribution is 2.38. The first-order valence-electron chi connectivity index (χ1n) is 5.68. The van der Waals surface area contributed by atoms with Crippen molar-refractivity contribution in [3.05, 3.63) is 57.8 Å². The third-order valence-corrected chi connectivity index (χ3v) is 4.13. The van der Waals surface area contributed by atoms with Gasteiger partial charge in [0.05, 0.1) is 4.83 Å². The Morgan fingerprint density at radius 3 is 2.05 bits per heavy atom. The average molecular weight is 333 g/mol. The minimum atomic E-state index is -1.20. The molecule has 102 valence electrons. The zero-order chi connectivity index (χ0) is 14.3. The van der Waals surface area contributed by atoms with Crippen LogP contribution in [0.1, 0.15) is 33.0 Å². The van der Waals surface area contributed by atoms with E-state index in [4.69, 9.17) is 4.42 Å². The quantitative estimate of drug-likeness (QED) is 0.550. The topological polar surface area (TPSA) is 13.1 Å². The van der Waals surface area contributed by atoms with Crippen LogP contribution < -0.4 is 0 Å². The largest absolute Gasteiger partial charge is 0.466 e. The van der Waals surface area contributed by atoms with E-state index in [-0.39, 0.29) is 5.56 Å². The van der Waals surface area contributed by atoms with E-state index >= 15 is 0 Å². The fourth-order valence-corrected chi connectivity index (χ4v) is 3.09. The van der Waals surface area contributed by atoms with E-state index in [0.29, 0.717) is 11.8 Å². The predicted octanol–water partition coefficient (Wildman–Crippen LogP) is 5.11. The second-order valence-corrected chi connectivity index (χ2v) is 5.32. The molecule has 1 aromatic carbocycles. The number of rotatable bonds is 2. The molecule has 1 heterocycles. The van der Waals surface area contributed by atoms with Crippen LogP contribution >= 0.6 is 15.9 Å². The molecule has 0 spiro atoms. The minimum Gasteiger partial charge on any atom is -0.466 e. The van der Waals surface area contributed by atoms with Gasteiger partial charge in [-0.2, -0.15) is 0 Å². The molecule has 19 heavy (non-hydrogen) atoms. The van der Waals surface area contributed by atoms with E-state index < -0.39 is 22.3 Å². The van der Waals surface area contributed by atoms with Crippen LogP contribution in [0.4, 0.5) is 13.2 Å². The lowest BCUT2D eigenvalue weighted by Gasteiger charge is -2.12. The van der Waals surface area contributed by atoms with E-state index in [0.717, 1.165) is 23.0 Å². The third-order valence-electron chi connectivity index (χ3n) is 3.18. The summed E-state index contributed by atoms with van der Waals surface area (Å²) in [5, 5.41) is 0. The summed E-state index contributed by atoms with van der Waals surface area (Å²) in [6.45, 7) is 5.39. The highest BCUT2D eigenvalue weighted by Gasteiger charge is 2.24. The van der Waals surface area contributed by atoms with E-state index in [9.17, 15) is 13.2 Å². The Kier molecular flexibility index (Phi) is 3.76. The number of alkyl halides is 1. The fraction of sp³-hybridized carbons (Fsp3) is 0.286. The summed E-state index contributed by atoms with van der Waals surface area (Å²) in [6.07, 6.45) is 0. The molecule has 1 nitrogen and oxygen atoms in total. The molecule has 0 bridgehead atoms. The molecule has 0 fully saturated rings. The number of aryl methyl sites for hydroxylation is 2. The van der Waals surface area contributed by atoms with Crippen LogP contribution in [0, 0.1) is 38.2 Å². The SMILES string of the molecule is Cc1oc(C)c(C(Br)c2cc(F)c(F)cc2F)c1C. The molecule has 1 atom stereocenters. The molecule has 0 saturated carbocycles. The molecule has 5 heteroatoms. The summed E-state index contributed by atoms with van der Waals surface area (Å²) >= 11 is 3.33. The van der Waals surface area contributed by atoms with Gasteiger partial charge in [0.2, 0.25) is 0 Å². The predicted molar refractivity (Wildman–Crippen MR) is 70.0 cm³/mol. The summed E-state index contributed by atoms with van der Waals surface area (Å²) in [7, 11) is 0. The molecule has 1 aromatic heterocycles. The van der Waals surface area contributed by atoms with Crippen LogP contribution in [-0.4, -0.2) is 0 Å².